The maximum atomic E-state index is 5.70. The van der Waals surface area contributed by atoms with Crippen molar-refractivity contribution in [3.05, 3.63) is 41.0 Å². The summed E-state index contributed by atoms with van der Waals surface area (Å²) in [6.45, 7) is 2.76. The SMILES string of the molecule is Cc1nc(CCc2ccc3c(c2)OCO3)c(CN)[nH]1. The van der Waals surface area contributed by atoms with Gasteiger partial charge in [0.15, 0.2) is 11.5 Å². The van der Waals surface area contributed by atoms with Gasteiger partial charge in [-0.2, -0.15) is 0 Å². The topological polar surface area (TPSA) is 73.2 Å². The van der Waals surface area contributed by atoms with Crippen molar-refractivity contribution in [1.29, 1.82) is 0 Å². The quantitative estimate of drug-likeness (QED) is 0.876. The van der Waals surface area contributed by atoms with Crippen LogP contribution in [0, 0.1) is 6.92 Å². The van der Waals surface area contributed by atoms with E-state index in [1.807, 2.05) is 19.1 Å². The van der Waals surface area contributed by atoms with E-state index < -0.39 is 0 Å². The summed E-state index contributed by atoms with van der Waals surface area (Å²) in [5.41, 5.74) is 8.99. The van der Waals surface area contributed by atoms with Crippen molar-refractivity contribution in [1.82, 2.24) is 9.97 Å². The normalized spacial score (nSPS) is 12.9. The van der Waals surface area contributed by atoms with Crippen molar-refractivity contribution >= 4 is 0 Å². The van der Waals surface area contributed by atoms with Crippen LogP contribution >= 0.6 is 0 Å². The number of nitrogens with two attached hydrogens (primary N) is 1. The summed E-state index contributed by atoms with van der Waals surface area (Å²) >= 11 is 0. The minimum absolute atomic E-state index is 0.314. The van der Waals surface area contributed by atoms with Crippen LogP contribution in [0.2, 0.25) is 0 Å². The second-order valence-corrected chi connectivity index (χ2v) is 4.64. The van der Waals surface area contributed by atoms with Crippen LogP contribution in [0.5, 0.6) is 11.5 Å². The summed E-state index contributed by atoms with van der Waals surface area (Å²) in [5, 5.41) is 0. The molecule has 100 valence electrons. The van der Waals surface area contributed by atoms with Crippen molar-refractivity contribution in [3.63, 3.8) is 0 Å². The standard InChI is InChI=1S/C14H17N3O2/c1-9-16-11(12(7-15)17-9)4-2-10-3-5-13-14(6-10)19-8-18-13/h3,5-6H,2,4,7-8,15H2,1H3,(H,16,17). The third-order valence-corrected chi connectivity index (χ3v) is 3.27. The van der Waals surface area contributed by atoms with E-state index in [9.17, 15) is 0 Å². The number of H-pyrrole nitrogens is 1. The first kappa shape index (κ1) is 12.0. The number of fused-ring (bicyclic) bond motifs is 1. The first-order valence-corrected chi connectivity index (χ1v) is 6.39. The first-order valence-electron chi connectivity index (χ1n) is 6.39. The van der Waals surface area contributed by atoms with Gasteiger partial charge in [-0.1, -0.05) is 6.07 Å². The van der Waals surface area contributed by atoms with Gasteiger partial charge in [0.25, 0.3) is 0 Å². The Morgan fingerprint density at radius 3 is 2.95 bits per heavy atom. The van der Waals surface area contributed by atoms with Crippen LogP contribution in [0.1, 0.15) is 22.8 Å². The Bertz CT molecular complexity index is 592. The Morgan fingerprint density at radius 2 is 2.11 bits per heavy atom. The molecule has 0 amide bonds. The molecule has 1 aliphatic rings. The van der Waals surface area contributed by atoms with Crippen LogP contribution in [-0.2, 0) is 19.4 Å². The molecule has 3 N–H and O–H groups in total. The van der Waals surface area contributed by atoms with Crippen LogP contribution in [0.4, 0.5) is 0 Å². The zero-order valence-corrected chi connectivity index (χ0v) is 10.9. The molecule has 1 aliphatic heterocycles. The maximum absolute atomic E-state index is 5.70. The van der Waals surface area contributed by atoms with Gasteiger partial charge in [0.2, 0.25) is 6.79 Å². The van der Waals surface area contributed by atoms with Gasteiger partial charge < -0.3 is 20.2 Å². The van der Waals surface area contributed by atoms with E-state index >= 15 is 0 Å². The van der Waals surface area contributed by atoms with Crippen molar-refractivity contribution in [3.8, 4) is 11.5 Å². The Labute approximate surface area is 111 Å². The number of nitrogens with zero attached hydrogens (tertiary/aromatic N) is 1. The van der Waals surface area contributed by atoms with E-state index in [0.29, 0.717) is 13.3 Å². The second-order valence-electron chi connectivity index (χ2n) is 4.64. The molecule has 0 spiro atoms. The molecule has 0 bridgehead atoms. The fraction of sp³-hybridized carbons (Fsp3) is 0.357. The molecule has 2 aromatic rings. The lowest BCUT2D eigenvalue weighted by atomic mass is 10.1. The van der Waals surface area contributed by atoms with Crippen LogP contribution in [0.25, 0.3) is 0 Å². The molecular formula is C14H17N3O2. The summed E-state index contributed by atoms with van der Waals surface area (Å²) in [6, 6.07) is 6.05. The molecule has 1 aromatic heterocycles. The highest BCUT2D eigenvalue weighted by Gasteiger charge is 2.13. The number of aromatic nitrogens is 2. The van der Waals surface area contributed by atoms with Gasteiger partial charge in [-0.25, -0.2) is 4.98 Å². The van der Waals surface area contributed by atoms with Gasteiger partial charge in [0, 0.05) is 6.54 Å². The Morgan fingerprint density at radius 1 is 1.26 bits per heavy atom. The minimum atomic E-state index is 0.314. The summed E-state index contributed by atoms with van der Waals surface area (Å²) in [7, 11) is 0. The monoisotopic (exact) mass is 259 g/mol. The molecule has 0 fully saturated rings. The molecule has 0 saturated carbocycles. The molecule has 5 heteroatoms. The number of ether oxygens (including phenoxy) is 2. The number of aromatic amines is 1. The first-order chi connectivity index (χ1) is 9.26. The molecular weight excluding hydrogens is 242 g/mol. The Kier molecular flexibility index (Phi) is 3.13. The molecule has 0 unspecified atom stereocenters. The molecule has 19 heavy (non-hydrogen) atoms. The average molecular weight is 259 g/mol. The number of aryl methyl sites for hydroxylation is 3. The Balaban J connectivity index is 1.72. The number of benzene rings is 1. The summed E-state index contributed by atoms with van der Waals surface area (Å²) < 4.78 is 10.7. The number of rotatable bonds is 4. The maximum Gasteiger partial charge on any atom is 0.231 e. The van der Waals surface area contributed by atoms with Crippen molar-refractivity contribution in [2.75, 3.05) is 6.79 Å². The predicted molar refractivity (Wildman–Crippen MR) is 71.2 cm³/mol. The fourth-order valence-electron chi connectivity index (χ4n) is 2.32. The lowest BCUT2D eigenvalue weighted by molar-refractivity contribution is 0.174. The van der Waals surface area contributed by atoms with Gasteiger partial charge in [-0.05, 0) is 37.5 Å². The van der Waals surface area contributed by atoms with Gasteiger partial charge >= 0.3 is 0 Å². The summed E-state index contributed by atoms with van der Waals surface area (Å²) in [6.07, 6.45) is 1.78. The largest absolute Gasteiger partial charge is 0.454 e. The van der Waals surface area contributed by atoms with Gasteiger partial charge in [-0.3, -0.25) is 0 Å². The lowest BCUT2D eigenvalue weighted by Crippen LogP contribution is -2.02. The van der Waals surface area contributed by atoms with E-state index in [0.717, 1.165) is 41.6 Å². The molecule has 0 saturated heterocycles. The highest BCUT2D eigenvalue weighted by Crippen LogP contribution is 2.32. The zero-order chi connectivity index (χ0) is 13.2. The van der Waals surface area contributed by atoms with Crippen molar-refractivity contribution in [2.45, 2.75) is 26.3 Å². The van der Waals surface area contributed by atoms with Crippen LogP contribution in [0.15, 0.2) is 18.2 Å². The second kappa shape index (κ2) is 4.93. The van der Waals surface area contributed by atoms with Gasteiger partial charge in [-0.15, -0.1) is 0 Å². The van der Waals surface area contributed by atoms with Gasteiger partial charge in [0.05, 0.1) is 11.4 Å². The molecule has 0 radical (unpaired) electrons. The zero-order valence-electron chi connectivity index (χ0n) is 10.9. The highest BCUT2D eigenvalue weighted by atomic mass is 16.7. The molecule has 0 aliphatic carbocycles. The van der Waals surface area contributed by atoms with Crippen molar-refractivity contribution in [2.24, 2.45) is 5.73 Å². The molecule has 3 rings (SSSR count). The summed E-state index contributed by atoms with van der Waals surface area (Å²) in [4.78, 5) is 7.67. The van der Waals surface area contributed by atoms with E-state index in [1.54, 1.807) is 0 Å². The fourth-order valence-corrected chi connectivity index (χ4v) is 2.32. The molecule has 1 aromatic carbocycles. The van der Waals surface area contributed by atoms with E-state index in [1.165, 1.54) is 5.56 Å². The minimum Gasteiger partial charge on any atom is -0.454 e. The summed E-state index contributed by atoms with van der Waals surface area (Å²) in [5.74, 6) is 2.57. The average Bonchev–Trinajstić information content (AvgIpc) is 3.01. The van der Waals surface area contributed by atoms with Crippen LogP contribution in [0.3, 0.4) is 0 Å². The molecule has 2 heterocycles. The van der Waals surface area contributed by atoms with Gasteiger partial charge in [0.1, 0.15) is 5.82 Å². The Hall–Kier alpha value is -2.01. The molecule has 0 atom stereocenters. The van der Waals surface area contributed by atoms with Crippen molar-refractivity contribution < 1.29 is 9.47 Å². The van der Waals surface area contributed by atoms with E-state index in [-0.39, 0.29) is 0 Å². The third-order valence-electron chi connectivity index (χ3n) is 3.27. The van der Waals surface area contributed by atoms with E-state index in [2.05, 4.69) is 16.0 Å². The number of imidazole rings is 1. The predicted octanol–water partition coefficient (Wildman–Crippen LogP) is 1.69. The highest BCUT2D eigenvalue weighted by molar-refractivity contribution is 5.44. The molecule has 5 nitrogen and oxygen atoms in total. The smallest absolute Gasteiger partial charge is 0.231 e. The lowest BCUT2D eigenvalue weighted by Gasteiger charge is -2.03. The number of nitrogens with one attached hydrogen (secondary N) is 1. The van der Waals surface area contributed by atoms with Crippen LogP contribution < -0.4 is 15.2 Å². The van der Waals surface area contributed by atoms with E-state index in [4.69, 9.17) is 15.2 Å². The number of hydrogen-bond donors (Lipinski definition) is 2. The van der Waals surface area contributed by atoms with Crippen LogP contribution in [-0.4, -0.2) is 16.8 Å². The number of hydrogen-bond acceptors (Lipinski definition) is 4. The third kappa shape index (κ3) is 2.42.